The summed E-state index contributed by atoms with van der Waals surface area (Å²) in [5.74, 6) is 0.450. The maximum atomic E-state index is 5.91. The molecule has 0 saturated heterocycles. The van der Waals surface area contributed by atoms with Gasteiger partial charge in [0, 0.05) is 17.7 Å². The van der Waals surface area contributed by atoms with E-state index in [0.717, 1.165) is 15.9 Å². The maximum Gasteiger partial charge on any atom is 0.0624 e. The van der Waals surface area contributed by atoms with Gasteiger partial charge < -0.3 is 0 Å². The number of aromatic nitrogens is 1. The fourth-order valence-electron chi connectivity index (χ4n) is 0.869. The van der Waals surface area contributed by atoms with Crippen molar-refractivity contribution in [2.45, 2.75) is 12.8 Å². The average molecular weight is 235 g/mol. The molecule has 1 rings (SSSR count). The molecular weight excluding hydrogens is 225 g/mol. The van der Waals surface area contributed by atoms with E-state index in [9.17, 15) is 0 Å². The monoisotopic (exact) mass is 233 g/mol. The van der Waals surface area contributed by atoms with Gasteiger partial charge in [0.2, 0.25) is 0 Å². The number of halogens is 2. The maximum absolute atomic E-state index is 5.91. The van der Waals surface area contributed by atoms with Crippen LogP contribution in [0.4, 0.5) is 0 Å². The van der Waals surface area contributed by atoms with Gasteiger partial charge in [-0.2, -0.15) is 0 Å². The zero-order chi connectivity index (χ0) is 8.27. The third-order valence-corrected chi connectivity index (χ3v) is 2.85. The van der Waals surface area contributed by atoms with Crippen molar-refractivity contribution in [2.75, 3.05) is 5.33 Å². The van der Waals surface area contributed by atoms with Crippen LogP contribution in [0.1, 0.15) is 18.4 Å². The molecule has 0 fully saturated rings. The van der Waals surface area contributed by atoms with Gasteiger partial charge in [-0.25, -0.2) is 0 Å². The van der Waals surface area contributed by atoms with Crippen LogP contribution in [0.15, 0.2) is 18.5 Å². The van der Waals surface area contributed by atoms with Crippen LogP contribution in [-0.2, 0) is 0 Å². The average Bonchev–Trinajstić information content (AvgIpc) is 2.04. The number of hydrogen-bond acceptors (Lipinski definition) is 1. The van der Waals surface area contributed by atoms with E-state index in [1.165, 1.54) is 0 Å². The zero-order valence-electron chi connectivity index (χ0n) is 6.22. The number of alkyl halides is 1. The highest BCUT2D eigenvalue weighted by atomic mass is 79.9. The molecule has 1 heterocycles. The Bertz CT molecular complexity index is 239. The molecule has 1 atom stereocenters. The molecule has 0 radical (unpaired) electrons. The molecule has 11 heavy (non-hydrogen) atoms. The highest BCUT2D eigenvalue weighted by molar-refractivity contribution is 9.09. The summed E-state index contributed by atoms with van der Waals surface area (Å²) in [5, 5.41) is 1.68. The first kappa shape index (κ1) is 9.01. The van der Waals surface area contributed by atoms with E-state index in [0.29, 0.717) is 5.92 Å². The fourth-order valence-corrected chi connectivity index (χ4v) is 1.52. The third kappa shape index (κ3) is 2.17. The van der Waals surface area contributed by atoms with Gasteiger partial charge in [0.15, 0.2) is 0 Å². The molecule has 60 valence electrons. The topological polar surface area (TPSA) is 12.9 Å². The molecule has 0 aliphatic carbocycles. The van der Waals surface area contributed by atoms with Crippen LogP contribution < -0.4 is 0 Å². The number of rotatable bonds is 2. The van der Waals surface area contributed by atoms with Crippen LogP contribution in [0.25, 0.3) is 0 Å². The van der Waals surface area contributed by atoms with Gasteiger partial charge in [0.05, 0.1) is 5.02 Å². The highest BCUT2D eigenvalue weighted by Gasteiger charge is 2.06. The fraction of sp³-hybridized carbons (Fsp3) is 0.375. The Labute approximate surface area is 79.9 Å². The number of nitrogens with zero attached hydrogens (tertiary/aromatic N) is 1. The minimum Gasteiger partial charge on any atom is -0.263 e. The summed E-state index contributed by atoms with van der Waals surface area (Å²) in [4.78, 5) is 3.91. The SMILES string of the molecule is CC(CBr)c1ccncc1Cl. The molecule has 0 aliphatic heterocycles. The van der Waals surface area contributed by atoms with Gasteiger partial charge in [-0.1, -0.05) is 34.5 Å². The molecule has 1 aromatic heterocycles. The Balaban J connectivity index is 2.93. The molecule has 0 N–H and O–H groups in total. The van der Waals surface area contributed by atoms with Crippen LogP contribution in [0.5, 0.6) is 0 Å². The second-order valence-electron chi connectivity index (χ2n) is 2.45. The second-order valence-corrected chi connectivity index (χ2v) is 3.51. The standard InChI is InChI=1S/C8H9BrClN/c1-6(4-9)7-2-3-11-5-8(7)10/h2-3,5-6H,4H2,1H3. The first-order valence-corrected chi connectivity index (χ1v) is 4.91. The smallest absolute Gasteiger partial charge is 0.0624 e. The molecule has 0 amide bonds. The van der Waals surface area contributed by atoms with Crippen molar-refractivity contribution >= 4 is 27.5 Å². The lowest BCUT2D eigenvalue weighted by molar-refractivity contribution is 0.884. The van der Waals surface area contributed by atoms with Crippen molar-refractivity contribution in [3.63, 3.8) is 0 Å². The van der Waals surface area contributed by atoms with Gasteiger partial charge >= 0.3 is 0 Å². The van der Waals surface area contributed by atoms with Gasteiger partial charge in [0.25, 0.3) is 0 Å². The van der Waals surface area contributed by atoms with Gasteiger partial charge in [-0.05, 0) is 17.5 Å². The lowest BCUT2D eigenvalue weighted by Crippen LogP contribution is -1.95. The van der Waals surface area contributed by atoms with Crippen molar-refractivity contribution in [2.24, 2.45) is 0 Å². The van der Waals surface area contributed by atoms with Crippen molar-refractivity contribution in [3.8, 4) is 0 Å². The normalized spacial score (nSPS) is 13.0. The van der Waals surface area contributed by atoms with Crippen molar-refractivity contribution in [1.29, 1.82) is 0 Å². The van der Waals surface area contributed by atoms with Crippen LogP contribution in [0.3, 0.4) is 0 Å². The van der Waals surface area contributed by atoms with Crippen molar-refractivity contribution in [3.05, 3.63) is 29.0 Å². The van der Waals surface area contributed by atoms with Crippen LogP contribution >= 0.6 is 27.5 Å². The Morgan fingerprint density at radius 3 is 3.00 bits per heavy atom. The Kier molecular flexibility index (Phi) is 3.34. The summed E-state index contributed by atoms with van der Waals surface area (Å²) in [7, 11) is 0. The zero-order valence-corrected chi connectivity index (χ0v) is 8.56. The molecular formula is C8H9BrClN. The molecule has 1 unspecified atom stereocenters. The first-order chi connectivity index (χ1) is 5.25. The van der Waals surface area contributed by atoms with Gasteiger partial charge in [0.1, 0.15) is 0 Å². The van der Waals surface area contributed by atoms with Crippen LogP contribution in [-0.4, -0.2) is 10.3 Å². The molecule has 1 nitrogen and oxygen atoms in total. The van der Waals surface area contributed by atoms with E-state index in [1.54, 1.807) is 12.4 Å². The first-order valence-electron chi connectivity index (χ1n) is 3.41. The second kappa shape index (κ2) is 4.07. The van der Waals surface area contributed by atoms with E-state index in [1.807, 2.05) is 6.07 Å². The lowest BCUT2D eigenvalue weighted by Gasteiger charge is -2.08. The van der Waals surface area contributed by atoms with E-state index < -0.39 is 0 Å². The van der Waals surface area contributed by atoms with E-state index in [4.69, 9.17) is 11.6 Å². The minimum absolute atomic E-state index is 0.450. The Morgan fingerprint density at radius 1 is 1.73 bits per heavy atom. The summed E-state index contributed by atoms with van der Waals surface area (Å²) < 4.78 is 0. The van der Waals surface area contributed by atoms with Gasteiger partial charge in [-0.15, -0.1) is 0 Å². The van der Waals surface area contributed by atoms with Crippen LogP contribution in [0, 0.1) is 0 Å². The van der Waals surface area contributed by atoms with E-state index in [2.05, 4.69) is 27.8 Å². The van der Waals surface area contributed by atoms with E-state index in [-0.39, 0.29) is 0 Å². The summed E-state index contributed by atoms with van der Waals surface area (Å²) >= 11 is 9.32. The number of pyridine rings is 1. The molecule has 1 aromatic rings. The number of hydrogen-bond donors (Lipinski definition) is 0. The Hall–Kier alpha value is -0.0800. The summed E-state index contributed by atoms with van der Waals surface area (Å²) in [5.41, 5.74) is 1.15. The van der Waals surface area contributed by atoms with Crippen LogP contribution in [0.2, 0.25) is 5.02 Å². The summed E-state index contributed by atoms with van der Waals surface area (Å²) in [6.07, 6.45) is 3.44. The molecule has 3 heteroatoms. The van der Waals surface area contributed by atoms with Crippen molar-refractivity contribution < 1.29 is 0 Å². The quantitative estimate of drug-likeness (QED) is 0.716. The lowest BCUT2D eigenvalue weighted by atomic mass is 10.1. The molecule has 0 saturated carbocycles. The van der Waals surface area contributed by atoms with Crippen molar-refractivity contribution in [1.82, 2.24) is 4.98 Å². The predicted molar refractivity (Wildman–Crippen MR) is 51.5 cm³/mol. The van der Waals surface area contributed by atoms with E-state index >= 15 is 0 Å². The Morgan fingerprint density at radius 2 is 2.45 bits per heavy atom. The largest absolute Gasteiger partial charge is 0.263 e. The minimum atomic E-state index is 0.450. The summed E-state index contributed by atoms with van der Waals surface area (Å²) in [6.45, 7) is 2.12. The predicted octanol–water partition coefficient (Wildman–Crippen LogP) is 3.23. The van der Waals surface area contributed by atoms with Gasteiger partial charge in [-0.3, -0.25) is 4.98 Å². The highest BCUT2D eigenvalue weighted by Crippen LogP contribution is 2.23. The third-order valence-electron chi connectivity index (χ3n) is 1.57. The summed E-state index contributed by atoms with van der Waals surface area (Å²) in [6, 6.07) is 1.95. The molecule has 0 aliphatic rings. The molecule has 0 bridgehead atoms. The molecule has 0 spiro atoms. The molecule has 0 aromatic carbocycles.